The number of carboxylic acid groups (broad SMARTS) is 1. The normalized spacial score (nSPS) is 14.0. The number of amides is 1. The van der Waals surface area contributed by atoms with Crippen LogP contribution < -0.4 is 4.74 Å². The molecule has 6 nitrogen and oxygen atoms in total. The lowest BCUT2D eigenvalue weighted by Gasteiger charge is -2.27. The quantitative estimate of drug-likeness (QED) is 0.388. The number of aliphatic carboxylic acids is 1. The summed E-state index contributed by atoms with van der Waals surface area (Å²) >= 11 is 0. The summed E-state index contributed by atoms with van der Waals surface area (Å²) < 4.78 is 23.7. The molecule has 0 atom stereocenters. The minimum atomic E-state index is -2.14. The van der Waals surface area contributed by atoms with E-state index in [1.165, 1.54) is 11.1 Å². The maximum absolute atomic E-state index is 13.4. The van der Waals surface area contributed by atoms with Crippen molar-refractivity contribution >= 4 is 11.9 Å². The van der Waals surface area contributed by atoms with Gasteiger partial charge in [-0.2, -0.15) is 0 Å². The van der Waals surface area contributed by atoms with E-state index in [0.717, 1.165) is 12.8 Å². The Balaban J connectivity index is 1.74. The topological polar surface area (TPSA) is 79.7 Å². The van der Waals surface area contributed by atoms with Crippen LogP contribution in [0.15, 0.2) is 42.6 Å². The highest BCUT2D eigenvalue weighted by molar-refractivity contribution is 5.94. The summed E-state index contributed by atoms with van der Waals surface area (Å²) in [7, 11) is 0. The molecule has 1 aromatic carbocycles. The van der Waals surface area contributed by atoms with Gasteiger partial charge in [0.05, 0.1) is 14.9 Å². The first-order valence-electron chi connectivity index (χ1n) is 12.5. The summed E-state index contributed by atoms with van der Waals surface area (Å²) in [5.74, 6) is 5.68. The van der Waals surface area contributed by atoms with Gasteiger partial charge in [0.15, 0.2) is 0 Å². The fourth-order valence-corrected chi connectivity index (χ4v) is 3.10. The number of aromatic nitrogens is 1. The Kier molecular flexibility index (Phi) is 7.86. The molecule has 6 heteroatoms. The van der Waals surface area contributed by atoms with E-state index in [4.69, 9.17) is 12.6 Å². The monoisotopic (exact) mass is 450 g/mol. The fourth-order valence-electron chi connectivity index (χ4n) is 3.10. The van der Waals surface area contributed by atoms with E-state index in [1.807, 2.05) is 0 Å². The van der Waals surface area contributed by atoms with Crippen molar-refractivity contribution in [2.75, 3.05) is 6.61 Å². The second-order valence-corrected chi connectivity index (χ2v) is 8.41. The molecular weight excluding hydrogens is 416 g/mol. The lowest BCUT2D eigenvalue weighted by molar-refractivity contribution is -0.137. The molecule has 33 heavy (non-hydrogen) atoms. The third-order valence-corrected chi connectivity index (χ3v) is 5.15. The minimum Gasteiger partial charge on any atom is -0.493 e. The highest BCUT2D eigenvalue weighted by atomic mass is 16.5. The predicted octanol–water partition coefficient (Wildman–Crippen LogP) is 4.92. The predicted molar refractivity (Wildman–Crippen MR) is 127 cm³/mol. The van der Waals surface area contributed by atoms with Crippen molar-refractivity contribution < 1.29 is 22.2 Å². The molecule has 1 fully saturated rings. The van der Waals surface area contributed by atoms with Gasteiger partial charge in [0, 0.05) is 36.6 Å². The Hall–Kier alpha value is -3.33. The molecule has 0 radical (unpaired) electrons. The van der Waals surface area contributed by atoms with E-state index in [2.05, 4.69) is 16.8 Å². The van der Waals surface area contributed by atoms with Crippen molar-refractivity contribution in [1.82, 2.24) is 9.88 Å². The van der Waals surface area contributed by atoms with E-state index in [1.54, 1.807) is 50.2 Å². The summed E-state index contributed by atoms with van der Waals surface area (Å²) in [6.45, 7) is 1.72. The zero-order valence-corrected chi connectivity index (χ0v) is 19.2. The first kappa shape index (κ1) is 21.5. The summed E-state index contributed by atoms with van der Waals surface area (Å²) in [5.41, 5.74) is 1.14. The van der Waals surface area contributed by atoms with Crippen molar-refractivity contribution in [1.29, 1.82) is 0 Å². The Morgan fingerprint density at radius 3 is 2.67 bits per heavy atom. The molecule has 1 N–H and O–H groups in total. The Labute approximate surface area is 198 Å². The summed E-state index contributed by atoms with van der Waals surface area (Å²) in [5, 5.41) is 8.74. The highest BCUT2D eigenvalue weighted by Gasteiger charge is 2.21. The molecule has 3 rings (SSSR count). The van der Waals surface area contributed by atoms with Crippen LogP contribution in [-0.2, 0) is 11.3 Å². The van der Waals surface area contributed by atoms with Crippen LogP contribution >= 0.6 is 0 Å². The van der Waals surface area contributed by atoms with Gasteiger partial charge >= 0.3 is 5.97 Å². The van der Waals surface area contributed by atoms with Crippen LogP contribution in [0.3, 0.4) is 0 Å². The standard InChI is InChI=1S/C27H32N2O4/c1-20(2)29(27(32)22-14-16-24(28-18-22)15-13-21-11-12-21)19-23-8-5-6-9-25(23)33-17-7-3-4-10-26(30)31/h5-6,8-9,14,16,18,20-21H,3-4,7,10-12,17,19H2,1-2H3,(H,30,31)/i19D2. The first-order chi connectivity index (χ1) is 16.7. The van der Waals surface area contributed by atoms with Gasteiger partial charge in [0.25, 0.3) is 5.91 Å². The molecule has 2 aromatic rings. The number of hydrogen-bond donors (Lipinski definition) is 1. The Morgan fingerprint density at radius 2 is 2.00 bits per heavy atom. The van der Waals surface area contributed by atoms with E-state index in [9.17, 15) is 9.59 Å². The molecule has 1 heterocycles. The van der Waals surface area contributed by atoms with Crippen molar-refractivity contribution in [3.8, 4) is 17.6 Å². The molecule has 1 saturated carbocycles. The number of carboxylic acids is 1. The molecular formula is C27H32N2O4. The van der Waals surface area contributed by atoms with Crippen molar-refractivity contribution in [3.63, 3.8) is 0 Å². The fraction of sp³-hybridized carbons (Fsp3) is 0.444. The van der Waals surface area contributed by atoms with Crippen LogP contribution in [0.2, 0.25) is 0 Å². The second kappa shape index (κ2) is 12.1. The average Bonchev–Trinajstić information content (AvgIpc) is 3.64. The van der Waals surface area contributed by atoms with E-state index >= 15 is 0 Å². The van der Waals surface area contributed by atoms with Gasteiger partial charge in [0.1, 0.15) is 11.4 Å². The second-order valence-electron chi connectivity index (χ2n) is 8.41. The van der Waals surface area contributed by atoms with Crippen LogP contribution in [-0.4, -0.2) is 39.5 Å². The number of nitrogens with zero attached hydrogens (tertiary/aromatic N) is 2. The zero-order valence-electron chi connectivity index (χ0n) is 21.2. The molecule has 1 aromatic heterocycles. The highest BCUT2D eigenvalue weighted by Crippen LogP contribution is 2.27. The molecule has 1 aliphatic carbocycles. The van der Waals surface area contributed by atoms with Gasteiger partial charge in [0.2, 0.25) is 0 Å². The van der Waals surface area contributed by atoms with Gasteiger partial charge in [-0.1, -0.05) is 24.1 Å². The molecule has 0 aliphatic heterocycles. The smallest absolute Gasteiger partial charge is 0.303 e. The van der Waals surface area contributed by atoms with E-state index < -0.39 is 24.4 Å². The van der Waals surface area contributed by atoms with Gasteiger partial charge < -0.3 is 14.7 Å². The molecule has 174 valence electrons. The number of rotatable bonds is 11. The number of ether oxygens (including phenoxy) is 1. The maximum Gasteiger partial charge on any atom is 0.303 e. The molecule has 1 aliphatic rings. The Bertz CT molecular complexity index is 1090. The summed E-state index contributed by atoms with van der Waals surface area (Å²) in [6, 6.07) is 9.67. The third-order valence-electron chi connectivity index (χ3n) is 5.15. The number of hydrogen-bond acceptors (Lipinski definition) is 4. The first-order valence-corrected chi connectivity index (χ1v) is 11.5. The van der Waals surface area contributed by atoms with Crippen molar-refractivity contribution in [2.24, 2.45) is 5.92 Å². The van der Waals surface area contributed by atoms with E-state index in [0.29, 0.717) is 43.2 Å². The molecule has 0 bridgehead atoms. The largest absolute Gasteiger partial charge is 0.493 e. The summed E-state index contributed by atoms with van der Waals surface area (Å²) in [6.07, 6.45) is 5.73. The SMILES string of the molecule is [2H]C([2H])(c1ccccc1OCCCCCC(=O)O)N(C(=O)c1ccc(C#CC2CC2)nc1)C(C)C. The minimum absolute atomic E-state index is 0.119. The number of carbonyl (C=O) groups excluding carboxylic acids is 1. The lowest BCUT2D eigenvalue weighted by atomic mass is 10.1. The number of pyridine rings is 1. The number of para-hydroxylation sites is 1. The Morgan fingerprint density at radius 1 is 1.21 bits per heavy atom. The van der Waals surface area contributed by atoms with Gasteiger partial charge in [-0.25, -0.2) is 4.98 Å². The van der Waals surface area contributed by atoms with Gasteiger partial charge in [-0.05, 0) is 70.1 Å². The molecule has 0 unspecified atom stereocenters. The molecule has 1 amide bonds. The number of benzene rings is 1. The van der Waals surface area contributed by atoms with Gasteiger partial charge in [-0.3, -0.25) is 9.59 Å². The van der Waals surface area contributed by atoms with Crippen LogP contribution in [0.5, 0.6) is 5.75 Å². The summed E-state index contributed by atoms with van der Waals surface area (Å²) in [4.78, 5) is 29.5. The average molecular weight is 451 g/mol. The maximum atomic E-state index is 13.4. The number of unbranched alkanes of at least 4 members (excludes halogenated alkanes) is 2. The zero-order chi connectivity index (χ0) is 25.4. The van der Waals surface area contributed by atoms with Crippen LogP contribution in [0, 0.1) is 17.8 Å². The lowest BCUT2D eigenvalue weighted by Crippen LogP contribution is -2.36. The van der Waals surface area contributed by atoms with E-state index in [-0.39, 0.29) is 17.5 Å². The van der Waals surface area contributed by atoms with Gasteiger partial charge in [-0.15, -0.1) is 0 Å². The van der Waals surface area contributed by atoms with Crippen LogP contribution in [0.25, 0.3) is 0 Å². The van der Waals surface area contributed by atoms with Crippen molar-refractivity contribution in [3.05, 3.63) is 59.4 Å². The molecule has 0 saturated heterocycles. The van der Waals surface area contributed by atoms with Crippen molar-refractivity contribution in [2.45, 2.75) is 64.9 Å². The third kappa shape index (κ3) is 7.94. The molecule has 0 spiro atoms. The van der Waals surface area contributed by atoms with Crippen LogP contribution in [0.1, 0.15) is 76.7 Å². The number of carbonyl (C=O) groups is 2. The van der Waals surface area contributed by atoms with Crippen LogP contribution in [0.4, 0.5) is 0 Å².